The fourth-order valence-corrected chi connectivity index (χ4v) is 3.91. The number of carbonyl (C=O) groups excluding carboxylic acids is 1. The summed E-state index contributed by atoms with van der Waals surface area (Å²) in [5.41, 5.74) is 1.85. The Morgan fingerprint density at radius 1 is 0.935 bits per heavy atom. The van der Waals surface area contributed by atoms with Crippen molar-refractivity contribution in [2.45, 2.75) is 6.42 Å². The number of benzene rings is 2. The van der Waals surface area contributed by atoms with Gasteiger partial charge in [-0.3, -0.25) is 9.69 Å². The zero-order valence-electron chi connectivity index (χ0n) is 18.0. The van der Waals surface area contributed by atoms with Crippen molar-refractivity contribution in [2.24, 2.45) is 10.2 Å². The Hall–Kier alpha value is -3.20. The number of ether oxygens (including phenoxy) is 4. The minimum atomic E-state index is 0.0190. The van der Waals surface area contributed by atoms with Gasteiger partial charge in [-0.15, -0.1) is 5.10 Å². The van der Waals surface area contributed by atoms with Gasteiger partial charge in [-0.05, 0) is 47.9 Å². The molecule has 1 aliphatic heterocycles. The van der Waals surface area contributed by atoms with Crippen LogP contribution in [0.5, 0.6) is 23.0 Å². The van der Waals surface area contributed by atoms with Gasteiger partial charge in [0.1, 0.15) is 0 Å². The average molecular weight is 444 g/mol. The fourth-order valence-electron chi connectivity index (χ4n) is 3.05. The summed E-state index contributed by atoms with van der Waals surface area (Å²) in [6, 6.07) is 11.2. The molecule has 0 aliphatic carbocycles. The van der Waals surface area contributed by atoms with Crippen molar-refractivity contribution in [3.05, 3.63) is 47.5 Å². The molecule has 2 aromatic rings. The summed E-state index contributed by atoms with van der Waals surface area (Å²) in [5, 5.41) is 9.00. The number of rotatable bonds is 9. The van der Waals surface area contributed by atoms with E-state index in [9.17, 15) is 4.79 Å². The first-order valence-electron chi connectivity index (χ1n) is 9.56. The van der Waals surface area contributed by atoms with Gasteiger partial charge in [0.15, 0.2) is 28.2 Å². The first-order valence-corrected chi connectivity index (χ1v) is 10.5. The van der Waals surface area contributed by atoms with Crippen molar-refractivity contribution in [3.63, 3.8) is 0 Å². The molecule has 0 radical (unpaired) electrons. The van der Waals surface area contributed by atoms with Crippen molar-refractivity contribution < 1.29 is 23.7 Å². The molecule has 1 amide bonds. The third kappa shape index (κ3) is 5.49. The Kier molecular flexibility index (Phi) is 7.77. The molecule has 9 heteroatoms. The summed E-state index contributed by atoms with van der Waals surface area (Å²) in [7, 11) is 6.37. The quantitative estimate of drug-likeness (QED) is 0.437. The fraction of sp³-hybridized carbons (Fsp3) is 0.318. The van der Waals surface area contributed by atoms with Gasteiger partial charge < -0.3 is 18.9 Å². The summed E-state index contributed by atoms with van der Waals surface area (Å²) in [5.74, 6) is 2.97. The van der Waals surface area contributed by atoms with Crippen LogP contribution in [-0.4, -0.2) is 62.9 Å². The normalized spacial score (nSPS) is 15.0. The lowest BCUT2D eigenvalue weighted by molar-refractivity contribution is -0.124. The van der Waals surface area contributed by atoms with Gasteiger partial charge in [-0.1, -0.05) is 17.8 Å². The molecule has 1 heterocycles. The van der Waals surface area contributed by atoms with E-state index in [1.807, 2.05) is 30.3 Å². The van der Waals surface area contributed by atoms with E-state index >= 15 is 0 Å². The van der Waals surface area contributed by atoms with E-state index in [1.54, 1.807) is 45.6 Å². The van der Waals surface area contributed by atoms with Crippen LogP contribution in [0.3, 0.4) is 0 Å². The van der Waals surface area contributed by atoms with Gasteiger partial charge in [-0.2, -0.15) is 5.10 Å². The van der Waals surface area contributed by atoms with Crippen LogP contribution in [0.15, 0.2) is 46.6 Å². The van der Waals surface area contributed by atoms with E-state index in [4.69, 9.17) is 18.9 Å². The molecule has 0 unspecified atom stereocenters. The predicted molar refractivity (Wildman–Crippen MR) is 122 cm³/mol. The molecule has 164 valence electrons. The molecule has 0 saturated carbocycles. The highest BCUT2D eigenvalue weighted by molar-refractivity contribution is 8.15. The van der Waals surface area contributed by atoms with Crippen molar-refractivity contribution in [3.8, 4) is 23.0 Å². The highest BCUT2D eigenvalue weighted by Gasteiger charge is 2.28. The molecule has 0 N–H and O–H groups in total. The summed E-state index contributed by atoms with van der Waals surface area (Å²) >= 11 is 1.38. The van der Waals surface area contributed by atoms with E-state index < -0.39 is 0 Å². The van der Waals surface area contributed by atoms with E-state index in [2.05, 4.69) is 10.2 Å². The van der Waals surface area contributed by atoms with Gasteiger partial charge in [-0.25, -0.2) is 0 Å². The monoisotopic (exact) mass is 443 g/mol. The van der Waals surface area contributed by atoms with Gasteiger partial charge in [0.05, 0.1) is 40.4 Å². The Bertz CT molecular complexity index is 993. The standard InChI is InChI=1S/C22H25N3O5S/c1-27-17-7-5-15(11-19(17)29-3)9-10-25-21(26)14-31-22(25)24-23-13-16-6-8-18(28-2)20(12-16)30-4/h5-8,11-13H,9-10,14H2,1-4H3. The molecule has 0 aromatic heterocycles. The number of amidine groups is 1. The molecular weight excluding hydrogens is 418 g/mol. The zero-order valence-corrected chi connectivity index (χ0v) is 18.8. The molecular formula is C22H25N3O5S. The molecule has 2 aromatic carbocycles. The van der Waals surface area contributed by atoms with Gasteiger partial charge in [0.2, 0.25) is 5.91 Å². The van der Waals surface area contributed by atoms with Crippen molar-refractivity contribution in [1.29, 1.82) is 0 Å². The number of nitrogens with zero attached hydrogens (tertiary/aromatic N) is 3. The molecule has 0 atom stereocenters. The molecule has 1 fully saturated rings. The Balaban J connectivity index is 1.68. The van der Waals surface area contributed by atoms with E-state index in [0.29, 0.717) is 46.9 Å². The van der Waals surface area contributed by atoms with Crippen LogP contribution in [0, 0.1) is 0 Å². The third-order valence-electron chi connectivity index (χ3n) is 4.69. The van der Waals surface area contributed by atoms with Crippen LogP contribution in [0.4, 0.5) is 0 Å². The highest BCUT2D eigenvalue weighted by Crippen LogP contribution is 2.29. The highest BCUT2D eigenvalue weighted by atomic mass is 32.2. The van der Waals surface area contributed by atoms with Crippen molar-refractivity contribution in [1.82, 2.24) is 4.90 Å². The van der Waals surface area contributed by atoms with Crippen LogP contribution in [0.2, 0.25) is 0 Å². The van der Waals surface area contributed by atoms with E-state index in [1.165, 1.54) is 11.8 Å². The lowest BCUT2D eigenvalue weighted by atomic mass is 10.1. The summed E-state index contributed by atoms with van der Waals surface area (Å²) in [6.45, 7) is 0.506. The van der Waals surface area contributed by atoms with Crippen LogP contribution >= 0.6 is 11.8 Å². The maximum absolute atomic E-state index is 12.3. The SMILES string of the molecule is COc1ccc(C=NN=C2SCC(=O)N2CCc2ccc(OC)c(OC)c2)cc1OC. The maximum atomic E-state index is 12.3. The molecule has 0 spiro atoms. The molecule has 31 heavy (non-hydrogen) atoms. The van der Waals surface area contributed by atoms with Gasteiger partial charge in [0.25, 0.3) is 0 Å². The smallest absolute Gasteiger partial charge is 0.239 e. The summed E-state index contributed by atoms with van der Waals surface area (Å²) < 4.78 is 21.1. The minimum absolute atomic E-state index is 0.0190. The number of methoxy groups -OCH3 is 4. The Labute approximate surface area is 185 Å². The van der Waals surface area contributed by atoms with Gasteiger partial charge in [0, 0.05) is 6.54 Å². The second-order valence-electron chi connectivity index (χ2n) is 6.51. The summed E-state index contributed by atoms with van der Waals surface area (Å²) in [4.78, 5) is 14.0. The number of amides is 1. The van der Waals surface area contributed by atoms with E-state index in [0.717, 1.165) is 11.1 Å². The zero-order chi connectivity index (χ0) is 22.2. The molecule has 1 saturated heterocycles. The number of hydrogen-bond acceptors (Lipinski definition) is 8. The second kappa shape index (κ2) is 10.7. The topological polar surface area (TPSA) is 82.0 Å². The Morgan fingerprint density at radius 3 is 2.26 bits per heavy atom. The third-order valence-corrected chi connectivity index (χ3v) is 5.64. The summed E-state index contributed by atoms with van der Waals surface area (Å²) in [6.07, 6.45) is 2.27. The van der Waals surface area contributed by atoms with Crippen LogP contribution < -0.4 is 18.9 Å². The number of thioether (sulfide) groups is 1. The lowest BCUT2D eigenvalue weighted by Gasteiger charge is -2.16. The van der Waals surface area contributed by atoms with Crippen LogP contribution in [0.1, 0.15) is 11.1 Å². The van der Waals surface area contributed by atoms with E-state index in [-0.39, 0.29) is 5.91 Å². The molecule has 1 aliphatic rings. The van der Waals surface area contributed by atoms with Crippen LogP contribution in [-0.2, 0) is 11.2 Å². The number of hydrogen-bond donors (Lipinski definition) is 0. The van der Waals surface area contributed by atoms with Gasteiger partial charge >= 0.3 is 0 Å². The predicted octanol–water partition coefficient (Wildman–Crippen LogP) is 3.23. The largest absolute Gasteiger partial charge is 0.493 e. The van der Waals surface area contributed by atoms with Crippen LogP contribution in [0.25, 0.3) is 0 Å². The minimum Gasteiger partial charge on any atom is -0.493 e. The first-order chi connectivity index (χ1) is 15.1. The lowest BCUT2D eigenvalue weighted by Crippen LogP contribution is -2.31. The van der Waals surface area contributed by atoms with Crippen molar-refractivity contribution >= 4 is 29.1 Å². The molecule has 8 nitrogen and oxygen atoms in total. The second-order valence-corrected chi connectivity index (χ2v) is 7.46. The Morgan fingerprint density at radius 2 is 1.58 bits per heavy atom. The molecule has 0 bridgehead atoms. The number of carbonyl (C=O) groups is 1. The average Bonchev–Trinajstić information content (AvgIpc) is 3.16. The molecule has 3 rings (SSSR count). The van der Waals surface area contributed by atoms with Crippen molar-refractivity contribution in [2.75, 3.05) is 40.7 Å². The maximum Gasteiger partial charge on any atom is 0.239 e. The first kappa shape index (κ1) is 22.5.